The van der Waals surface area contributed by atoms with Crippen LogP contribution >= 0.6 is 0 Å². The van der Waals surface area contributed by atoms with Crippen LogP contribution in [0.5, 0.6) is 0 Å². The van der Waals surface area contributed by atoms with Crippen molar-refractivity contribution < 1.29 is 17.6 Å². The van der Waals surface area contributed by atoms with E-state index >= 15 is 4.39 Å². The number of hydrogen-bond donors (Lipinski definition) is 0. The molecule has 1 saturated carbocycles. The van der Waals surface area contributed by atoms with Gasteiger partial charge in [0.2, 0.25) is 15.9 Å². The van der Waals surface area contributed by atoms with Crippen LogP contribution in [0.4, 0.5) is 10.1 Å². The van der Waals surface area contributed by atoms with Gasteiger partial charge in [-0.1, -0.05) is 45.4 Å². The summed E-state index contributed by atoms with van der Waals surface area (Å²) in [5.74, 6) is -0.351. The SMILES string of the molecule is CC(=O)N1CCN(c2ccc(CN(C3CCC3)S(=O)(=O)c3ccc(C(C)(C)C)cc3)c(F)c2)CC1. The fraction of sp³-hybridized carbons (Fsp3) is 0.519. The Bertz CT molecular complexity index is 1160. The van der Waals surface area contributed by atoms with Gasteiger partial charge in [0.15, 0.2) is 0 Å². The fourth-order valence-corrected chi connectivity index (χ4v) is 6.32. The molecule has 0 radical (unpaired) electrons. The zero-order valence-electron chi connectivity index (χ0n) is 21.1. The molecular formula is C27H36FN3O3S. The average Bonchev–Trinajstić information content (AvgIpc) is 2.78. The monoisotopic (exact) mass is 501 g/mol. The molecule has 0 unspecified atom stereocenters. The van der Waals surface area contributed by atoms with Gasteiger partial charge in [-0.2, -0.15) is 4.31 Å². The molecule has 6 nitrogen and oxygen atoms in total. The first-order valence-electron chi connectivity index (χ1n) is 12.4. The minimum Gasteiger partial charge on any atom is -0.368 e. The summed E-state index contributed by atoms with van der Waals surface area (Å²) in [6, 6.07) is 12.0. The Morgan fingerprint density at radius 1 is 1.03 bits per heavy atom. The van der Waals surface area contributed by atoms with E-state index < -0.39 is 15.8 Å². The molecule has 0 spiro atoms. The van der Waals surface area contributed by atoms with Crippen LogP contribution in [0.25, 0.3) is 0 Å². The van der Waals surface area contributed by atoms with Gasteiger partial charge in [0.25, 0.3) is 0 Å². The quantitative estimate of drug-likeness (QED) is 0.583. The molecule has 0 aromatic heterocycles. The summed E-state index contributed by atoms with van der Waals surface area (Å²) >= 11 is 0. The molecule has 1 saturated heterocycles. The van der Waals surface area contributed by atoms with E-state index in [0.29, 0.717) is 31.7 Å². The Hall–Kier alpha value is -2.45. The molecule has 2 aromatic rings. The number of carbonyl (C=O) groups is 1. The third-order valence-corrected chi connectivity index (χ3v) is 9.17. The number of anilines is 1. The maximum absolute atomic E-state index is 15.2. The molecule has 8 heteroatoms. The number of amides is 1. The predicted molar refractivity (Wildman–Crippen MR) is 136 cm³/mol. The molecule has 4 rings (SSSR count). The van der Waals surface area contributed by atoms with Gasteiger partial charge in [-0.15, -0.1) is 0 Å². The summed E-state index contributed by atoms with van der Waals surface area (Å²) in [5, 5.41) is 0. The molecule has 1 aliphatic carbocycles. The molecular weight excluding hydrogens is 465 g/mol. The number of nitrogens with zero attached hydrogens (tertiary/aromatic N) is 3. The van der Waals surface area contributed by atoms with Gasteiger partial charge >= 0.3 is 0 Å². The van der Waals surface area contributed by atoms with Crippen LogP contribution < -0.4 is 4.90 Å². The maximum Gasteiger partial charge on any atom is 0.243 e. The minimum absolute atomic E-state index is 0.0122. The molecule has 0 bridgehead atoms. The van der Waals surface area contributed by atoms with Gasteiger partial charge in [0.05, 0.1) is 4.90 Å². The molecule has 190 valence electrons. The lowest BCUT2D eigenvalue weighted by atomic mass is 9.87. The number of hydrogen-bond acceptors (Lipinski definition) is 4. The third-order valence-electron chi connectivity index (χ3n) is 7.26. The highest BCUT2D eigenvalue weighted by Crippen LogP contribution is 2.33. The molecule has 35 heavy (non-hydrogen) atoms. The molecule has 2 aromatic carbocycles. The van der Waals surface area contributed by atoms with Gasteiger partial charge in [-0.3, -0.25) is 4.79 Å². The van der Waals surface area contributed by atoms with E-state index in [-0.39, 0.29) is 28.8 Å². The lowest BCUT2D eigenvalue weighted by Crippen LogP contribution is -2.48. The summed E-state index contributed by atoms with van der Waals surface area (Å²) in [6.45, 7) is 10.4. The van der Waals surface area contributed by atoms with E-state index in [1.807, 2.05) is 18.2 Å². The van der Waals surface area contributed by atoms with Crippen LogP contribution in [0, 0.1) is 5.82 Å². The van der Waals surface area contributed by atoms with Crippen LogP contribution in [0.15, 0.2) is 47.4 Å². The molecule has 1 aliphatic heterocycles. The van der Waals surface area contributed by atoms with Crippen molar-refractivity contribution in [3.63, 3.8) is 0 Å². The summed E-state index contributed by atoms with van der Waals surface area (Å²) in [5.41, 5.74) is 2.13. The summed E-state index contributed by atoms with van der Waals surface area (Å²) < 4.78 is 43.9. The van der Waals surface area contributed by atoms with Crippen molar-refractivity contribution in [2.45, 2.75) is 69.9 Å². The number of sulfonamides is 1. The largest absolute Gasteiger partial charge is 0.368 e. The van der Waals surface area contributed by atoms with Crippen LogP contribution in [-0.4, -0.2) is 55.8 Å². The number of carbonyl (C=O) groups excluding carboxylic acids is 1. The molecule has 1 amide bonds. The first-order valence-corrected chi connectivity index (χ1v) is 13.8. The highest BCUT2D eigenvalue weighted by atomic mass is 32.2. The predicted octanol–water partition coefficient (Wildman–Crippen LogP) is 4.54. The van der Waals surface area contributed by atoms with Crippen LogP contribution in [0.2, 0.25) is 0 Å². The van der Waals surface area contributed by atoms with E-state index in [0.717, 1.165) is 30.5 Å². The number of rotatable bonds is 6. The van der Waals surface area contributed by atoms with Crippen LogP contribution in [-0.2, 0) is 26.8 Å². The van der Waals surface area contributed by atoms with Gasteiger partial charge in [0.1, 0.15) is 5.82 Å². The standard InChI is InChI=1S/C27H36FN3O3S/c1-20(32)29-14-16-30(17-15-29)24-11-8-21(26(28)18-24)19-31(23-6-5-7-23)35(33,34)25-12-9-22(10-13-25)27(2,3)4/h8-13,18,23H,5-7,14-17,19H2,1-4H3. The summed E-state index contributed by atoms with van der Waals surface area (Å²) in [4.78, 5) is 15.7. The van der Waals surface area contributed by atoms with Crippen molar-refractivity contribution in [2.75, 3.05) is 31.1 Å². The first kappa shape index (κ1) is 25.6. The van der Waals surface area contributed by atoms with E-state index in [1.54, 1.807) is 30.0 Å². The van der Waals surface area contributed by atoms with Crippen molar-refractivity contribution >= 4 is 21.6 Å². The Labute approximate surface area is 208 Å². The van der Waals surface area contributed by atoms with Crippen molar-refractivity contribution in [1.29, 1.82) is 0 Å². The fourth-order valence-electron chi connectivity index (χ4n) is 4.66. The van der Waals surface area contributed by atoms with Crippen molar-refractivity contribution in [2.24, 2.45) is 0 Å². The van der Waals surface area contributed by atoms with Crippen LogP contribution in [0.1, 0.15) is 58.1 Å². The van der Waals surface area contributed by atoms with Crippen molar-refractivity contribution in [3.05, 3.63) is 59.4 Å². The number of benzene rings is 2. The van der Waals surface area contributed by atoms with E-state index in [2.05, 4.69) is 25.7 Å². The Morgan fingerprint density at radius 3 is 2.14 bits per heavy atom. The van der Waals surface area contributed by atoms with Gasteiger partial charge in [-0.05, 0) is 48.1 Å². The third kappa shape index (κ3) is 5.54. The zero-order chi connectivity index (χ0) is 25.4. The van der Waals surface area contributed by atoms with E-state index in [9.17, 15) is 13.2 Å². The Morgan fingerprint density at radius 2 is 1.66 bits per heavy atom. The average molecular weight is 502 g/mol. The van der Waals surface area contributed by atoms with Crippen LogP contribution in [0.3, 0.4) is 0 Å². The van der Waals surface area contributed by atoms with E-state index in [4.69, 9.17) is 0 Å². The molecule has 0 atom stereocenters. The Balaban J connectivity index is 1.54. The minimum atomic E-state index is -3.76. The van der Waals surface area contributed by atoms with Gasteiger partial charge < -0.3 is 9.80 Å². The topological polar surface area (TPSA) is 60.9 Å². The lowest BCUT2D eigenvalue weighted by molar-refractivity contribution is -0.129. The highest BCUT2D eigenvalue weighted by molar-refractivity contribution is 7.89. The van der Waals surface area contributed by atoms with Crippen molar-refractivity contribution in [1.82, 2.24) is 9.21 Å². The second kappa shape index (κ2) is 9.90. The lowest BCUT2D eigenvalue weighted by Gasteiger charge is -2.37. The second-order valence-corrected chi connectivity index (χ2v) is 12.6. The molecule has 2 fully saturated rings. The molecule has 1 heterocycles. The van der Waals surface area contributed by atoms with E-state index in [1.165, 1.54) is 10.4 Å². The maximum atomic E-state index is 15.2. The normalized spacial score (nSPS) is 17.5. The smallest absolute Gasteiger partial charge is 0.243 e. The number of piperazine rings is 1. The zero-order valence-corrected chi connectivity index (χ0v) is 21.9. The highest BCUT2D eigenvalue weighted by Gasteiger charge is 2.35. The van der Waals surface area contributed by atoms with Crippen molar-refractivity contribution in [3.8, 4) is 0 Å². The van der Waals surface area contributed by atoms with Gasteiger partial charge in [0, 0.05) is 56.9 Å². The molecule has 0 N–H and O–H groups in total. The summed E-state index contributed by atoms with van der Waals surface area (Å²) in [6.07, 6.45) is 2.56. The number of halogens is 1. The molecule has 2 aliphatic rings. The second-order valence-electron chi connectivity index (χ2n) is 10.7. The Kier molecular flexibility index (Phi) is 7.25. The first-order chi connectivity index (χ1) is 16.5. The van der Waals surface area contributed by atoms with Gasteiger partial charge in [-0.25, -0.2) is 12.8 Å². The summed E-state index contributed by atoms with van der Waals surface area (Å²) in [7, 11) is -3.76.